The van der Waals surface area contributed by atoms with Crippen LogP contribution in [0, 0.1) is 11.7 Å². The molecule has 1 atom stereocenters. The van der Waals surface area contributed by atoms with Crippen LogP contribution in [0.4, 0.5) is 10.1 Å². The molecule has 4 rings (SSSR count). The van der Waals surface area contributed by atoms with Crippen molar-refractivity contribution in [1.29, 1.82) is 0 Å². The molecule has 1 fully saturated rings. The number of nitrogens with zero attached hydrogens (tertiary/aromatic N) is 1. The van der Waals surface area contributed by atoms with E-state index in [1.54, 1.807) is 30.3 Å². The predicted molar refractivity (Wildman–Crippen MR) is 96.9 cm³/mol. The Hall–Kier alpha value is -2.74. The van der Waals surface area contributed by atoms with Gasteiger partial charge in [-0.05, 0) is 36.8 Å². The highest BCUT2D eigenvalue weighted by Crippen LogP contribution is 2.25. The fourth-order valence-corrected chi connectivity index (χ4v) is 4.85. The minimum Gasteiger partial charge on any atom is -0.338 e. The topological polar surface area (TPSA) is 91.9 Å². The van der Waals surface area contributed by atoms with Gasteiger partial charge in [-0.1, -0.05) is 12.1 Å². The van der Waals surface area contributed by atoms with E-state index >= 15 is 0 Å². The summed E-state index contributed by atoms with van der Waals surface area (Å²) in [7, 11) is -3.11. The minimum absolute atomic E-state index is 0.0572. The molecular formula is C18H16FN3O3S. The summed E-state index contributed by atoms with van der Waals surface area (Å²) in [6, 6.07) is 11.3. The first kappa shape index (κ1) is 16.7. The molecule has 1 aliphatic heterocycles. The van der Waals surface area contributed by atoms with Crippen molar-refractivity contribution < 1.29 is 17.6 Å². The molecule has 0 bridgehead atoms. The standard InChI is InChI=1S/C18H16FN3O3S/c19-13-3-1-2-11(8-13)17-21-15-5-4-14(9-16(15)22-17)20-18(23)12-6-7-26(24,25)10-12/h1-5,8-9,12H,6-7,10H2,(H,20,23)(H,21,22). The number of carbonyl (C=O) groups is 1. The molecule has 2 aromatic carbocycles. The van der Waals surface area contributed by atoms with E-state index < -0.39 is 15.8 Å². The maximum absolute atomic E-state index is 13.4. The molecule has 6 nitrogen and oxygen atoms in total. The van der Waals surface area contributed by atoms with Gasteiger partial charge in [-0.25, -0.2) is 17.8 Å². The summed E-state index contributed by atoms with van der Waals surface area (Å²) in [6.45, 7) is 0. The number of rotatable bonds is 3. The third-order valence-corrected chi connectivity index (χ3v) is 6.22. The Labute approximate surface area is 149 Å². The minimum atomic E-state index is -3.11. The van der Waals surface area contributed by atoms with Crippen molar-refractivity contribution >= 4 is 32.5 Å². The van der Waals surface area contributed by atoms with Gasteiger partial charge >= 0.3 is 0 Å². The van der Waals surface area contributed by atoms with Crippen LogP contribution in [0.25, 0.3) is 22.4 Å². The molecule has 1 amide bonds. The summed E-state index contributed by atoms with van der Waals surface area (Å²) in [5.41, 5.74) is 2.57. The number of nitrogens with one attached hydrogen (secondary N) is 2. The van der Waals surface area contributed by atoms with E-state index in [0.29, 0.717) is 34.5 Å². The van der Waals surface area contributed by atoms with Gasteiger partial charge in [0.05, 0.1) is 28.5 Å². The van der Waals surface area contributed by atoms with Gasteiger partial charge in [0.15, 0.2) is 9.84 Å². The van der Waals surface area contributed by atoms with Crippen molar-refractivity contribution in [3.63, 3.8) is 0 Å². The summed E-state index contributed by atoms with van der Waals surface area (Å²) in [6.07, 6.45) is 0.351. The third-order valence-electron chi connectivity index (χ3n) is 4.45. The molecule has 0 spiro atoms. The Kier molecular flexibility index (Phi) is 3.99. The summed E-state index contributed by atoms with van der Waals surface area (Å²) >= 11 is 0. The summed E-state index contributed by atoms with van der Waals surface area (Å²) in [5, 5.41) is 2.76. The number of halogens is 1. The molecule has 26 heavy (non-hydrogen) atoms. The van der Waals surface area contributed by atoms with E-state index in [4.69, 9.17) is 0 Å². The maximum atomic E-state index is 13.4. The van der Waals surface area contributed by atoms with E-state index in [9.17, 15) is 17.6 Å². The Morgan fingerprint density at radius 2 is 2.08 bits per heavy atom. The fraction of sp³-hybridized carbons (Fsp3) is 0.222. The van der Waals surface area contributed by atoms with Crippen LogP contribution in [0.3, 0.4) is 0 Å². The molecule has 1 aromatic heterocycles. The highest BCUT2D eigenvalue weighted by Gasteiger charge is 2.32. The van der Waals surface area contributed by atoms with Gasteiger partial charge in [0.1, 0.15) is 11.6 Å². The van der Waals surface area contributed by atoms with Gasteiger partial charge in [0.2, 0.25) is 5.91 Å². The van der Waals surface area contributed by atoms with Gasteiger partial charge in [0, 0.05) is 11.3 Å². The molecule has 2 heterocycles. The largest absolute Gasteiger partial charge is 0.338 e. The molecule has 0 saturated carbocycles. The number of H-pyrrole nitrogens is 1. The van der Waals surface area contributed by atoms with E-state index in [1.165, 1.54) is 12.1 Å². The van der Waals surface area contributed by atoms with E-state index in [0.717, 1.165) is 0 Å². The molecule has 2 N–H and O–H groups in total. The van der Waals surface area contributed by atoms with Crippen LogP contribution >= 0.6 is 0 Å². The average Bonchev–Trinajstić information content (AvgIpc) is 3.17. The number of benzene rings is 2. The Balaban J connectivity index is 1.57. The number of aromatic nitrogens is 2. The number of hydrogen-bond acceptors (Lipinski definition) is 4. The number of fused-ring (bicyclic) bond motifs is 1. The number of imidazole rings is 1. The number of hydrogen-bond donors (Lipinski definition) is 2. The van der Waals surface area contributed by atoms with Crippen LogP contribution in [0.15, 0.2) is 42.5 Å². The van der Waals surface area contributed by atoms with Crippen LogP contribution in [0.5, 0.6) is 0 Å². The normalized spacial score (nSPS) is 18.9. The molecule has 1 unspecified atom stereocenters. The van der Waals surface area contributed by atoms with Gasteiger partial charge in [-0.15, -0.1) is 0 Å². The molecule has 1 saturated heterocycles. The molecule has 0 radical (unpaired) electrons. The lowest BCUT2D eigenvalue weighted by Crippen LogP contribution is -2.23. The molecular weight excluding hydrogens is 357 g/mol. The van der Waals surface area contributed by atoms with Crippen LogP contribution < -0.4 is 5.32 Å². The monoisotopic (exact) mass is 373 g/mol. The summed E-state index contributed by atoms with van der Waals surface area (Å²) in [5.74, 6) is -0.667. The second-order valence-electron chi connectivity index (χ2n) is 6.42. The molecule has 8 heteroatoms. The fourth-order valence-electron chi connectivity index (χ4n) is 3.11. The first-order valence-electron chi connectivity index (χ1n) is 8.17. The number of anilines is 1. The zero-order chi connectivity index (χ0) is 18.3. The lowest BCUT2D eigenvalue weighted by molar-refractivity contribution is -0.119. The molecule has 1 aliphatic rings. The zero-order valence-electron chi connectivity index (χ0n) is 13.7. The molecule has 134 valence electrons. The SMILES string of the molecule is O=C(Nc1ccc2nc(-c3cccc(F)c3)[nH]c2c1)C1CCS(=O)(=O)C1. The second kappa shape index (κ2) is 6.21. The van der Waals surface area contributed by atoms with Gasteiger partial charge in [0.25, 0.3) is 0 Å². The lowest BCUT2D eigenvalue weighted by atomic mass is 10.1. The summed E-state index contributed by atoms with van der Waals surface area (Å²) < 4.78 is 36.4. The van der Waals surface area contributed by atoms with Crippen LogP contribution in [-0.2, 0) is 14.6 Å². The highest BCUT2D eigenvalue weighted by atomic mass is 32.2. The van der Waals surface area contributed by atoms with E-state index in [1.807, 2.05) is 0 Å². The molecule has 0 aliphatic carbocycles. The van der Waals surface area contributed by atoms with Crippen molar-refractivity contribution in [3.8, 4) is 11.4 Å². The number of sulfone groups is 1. The number of amides is 1. The van der Waals surface area contributed by atoms with Crippen molar-refractivity contribution in [2.24, 2.45) is 5.92 Å². The van der Waals surface area contributed by atoms with Crippen molar-refractivity contribution in [2.75, 3.05) is 16.8 Å². The van der Waals surface area contributed by atoms with Gasteiger partial charge < -0.3 is 10.3 Å². The van der Waals surface area contributed by atoms with Crippen molar-refractivity contribution in [2.45, 2.75) is 6.42 Å². The predicted octanol–water partition coefficient (Wildman–Crippen LogP) is 2.74. The zero-order valence-corrected chi connectivity index (χ0v) is 14.5. The van der Waals surface area contributed by atoms with Crippen molar-refractivity contribution in [3.05, 3.63) is 48.3 Å². The van der Waals surface area contributed by atoms with Gasteiger partial charge in [-0.2, -0.15) is 0 Å². The quantitative estimate of drug-likeness (QED) is 0.738. The lowest BCUT2D eigenvalue weighted by Gasteiger charge is -2.09. The summed E-state index contributed by atoms with van der Waals surface area (Å²) in [4.78, 5) is 19.8. The third kappa shape index (κ3) is 3.32. The van der Waals surface area contributed by atoms with Crippen molar-refractivity contribution in [1.82, 2.24) is 9.97 Å². The van der Waals surface area contributed by atoms with E-state index in [2.05, 4.69) is 15.3 Å². The number of aromatic amines is 1. The Morgan fingerprint density at radius 3 is 2.81 bits per heavy atom. The molecule has 3 aromatic rings. The van der Waals surface area contributed by atoms with Crippen LogP contribution in [0.1, 0.15) is 6.42 Å². The van der Waals surface area contributed by atoms with Crippen LogP contribution in [-0.4, -0.2) is 35.8 Å². The van der Waals surface area contributed by atoms with Gasteiger partial charge in [-0.3, -0.25) is 4.79 Å². The Morgan fingerprint density at radius 1 is 1.23 bits per heavy atom. The Bertz CT molecular complexity index is 1110. The maximum Gasteiger partial charge on any atom is 0.228 e. The smallest absolute Gasteiger partial charge is 0.228 e. The van der Waals surface area contributed by atoms with Crippen LogP contribution in [0.2, 0.25) is 0 Å². The first-order chi connectivity index (χ1) is 12.4. The second-order valence-corrected chi connectivity index (χ2v) is 8.65. The average molecular weight is 373 g/mol. The first-order valence-corrected chi connectivity index (χ1v) is 9.99. The van der Waals surface area contributed by atoms with E-state index in [-0.39, 0.29) is 23.2 Å². The highest BCUT2D eigenvalue weighted by molar-refractivity contribution is 7.91. The number of carbonyl (C=O) groups excluding carboxylic acids is 1.